The first kappa shape index (κ1) is 19.5. The minimum absolute atomic E-state index is 0.121. The summed E-state index contributed by atoms with van der Waals surface area (Å²) in [6.07, 6.45) is 2.46. The molecular formula is C19H26N4O3. The summed E-state index contributed by atoms with van der Waals surface area (Å²) in [5, 5.41) is 6.07. The first-order valence-electron chi connectivity index (χ1n) is 8.41. The van der Waals surface area contributed by atoms with E-state index in [1.54, 1.807) is 38.6 Å². The monoisotopic (exact) mass is 358 g/mol. The van der Waals surface area contributed by atoms with E-state index in [4.69, 9.17) is 9.47 Å². The van der Waals surface area contributed by atoms with Gasteiger partial charge in [0.25, 0.3) is 5.91 Å². The molecule has 1 aromatic carbocycles. The second-order valence-electron chi connectivity index (χ2n) is 6.04. The molecule has 0 aliphatic carbocycles. The number of aromatic nitrogens is 1. The quantitative estimate of drug-likeness (QED) is 0.671. The number of nitrogens with one attached hydrogen (secondary N) is 2. The van der Waals surface area contributed by atoms with Gasteiger partial charge in [-0.25, -0.2) is 4.98 Å². The number of nitrogens with zero attached hydrogens (tertiary/aromatic N) is 2. The number of hydrogen-bond acceptors (Lipinski definition) is 6. The van der Waals surface area contributed by atoms with Crippen LogP contribution in [0.4, 0.5) is 11.5 Å². The van der Waals surface area contributed by atoms with Crippen molar-refractivity contribution in [3.63, 3.8) is 0 Å². The molecule has 2 N–H and O–H groups in total. The van der Waals surface area contributed by atoms with E-state index in [0.717, 1.165) is 18.7 Å². The number of hydrogen-bond donors (Lipinski definition) is 2. The number of anilines is 2. The molecule has 0 saturated heterocycles. The summed E-state index contributed by atoms with van der Waals surface area (Å²) in [7, 11) is 7.22. The van der Waals surface area contributed by atoms with Crippen LogP contribution < -0.4 is 20.1 Å². The molecular weight excluding hydrogens is 332 g/mol. The third kappa shape index (κ3) is 5.63. The number of carbonyl (C=O) groups is 1. The molecule has 7 heteroatoms. The Bertz CT molecular complexity index is 717. The average Bonchev–Trinajstić information content (AvgIpc) is 2.65. The third-order valence-corrected chi connectivity index (χ3v) is 3.76. The molecule has 0 saturated carbocycles. The second-order valence-corrected chi connectivity index (χ2v) is 6.04. The zero-order chi connectivity index (χ0) is 18.9. The van der Waals surface area contributed by atoms with Crippen molar-refractivity contribution in [2.24, 2.45) is 0 Å². The van der Waals surface area contributed by atoms with E-state index < -0.39 is 0 Å². The van der Waals surface area contributed by atoms with Crippen molar-refractivity contribution in [1.82, 2.24) is 15.2 Å². The molecule has 0 aliphatic rings. The topological polar surface area (TPSA) is 75.7 Å². The Labute approximate surface area is 154 Å². The molecule has 2 rings (SSSR count). The molecule has 0 radical (unpaired) electrons. The van der Waals surface area contributed by atoms with Gasteiger partial charge >= 0.3 is 0 Å². The van der Waals surface area contributed by atoms with Gasteiger partial charge in [0.05, 0.1) is 25.5 Å². The fourth-order valence-electron chi connectivity index (χ4n) is 2.34. The smallest absolute Gasteiger partial charge is 0.252 e. The van der Waals surface area contributed by atoms with E-state index in [1.807, 2.05) is 26.2 Å². The van der Waals surface area contributed by atoms with Gasteiger partial charge in [0, 0.05) is 18.8 Å². The fraction of sp³-hybridized carbons (Fsp3) is 0.368. The number of methoxy groups -OCH3 is 2. The molecule has 7 nitrogen and oxygen atoms in total. The normalized spacial score (nSPS) is 10.5. The first-order chi connectivity index (χ1) is 12.5. The fourth-order valence-corrected chi connectivity index (χ4v) is 2.34. The molecule has 1 heterocycles. The number of amides is 1. The van der Waals surface area contributed by atoms with Gasteiger partial charge in [0.15, 0.2) is 0 Å². The summed E-state index contributed by atoms with van der Waals surface area (Å²) < 4.78 is 10.5. The van der Waals surface area contributed by atoms with Crippen LogP contribution in [0.5, 0.6) is 11.5 Å². The molecule has 140 valence electrons. The lowest BCUT2D eigenvalue weighted by Gasteiger charge is -2.12. The van der Waals surface area contributed by atoms with E-state index in [-0.39, 0.29) is 5.91 Å². The molecule has 0 bridgehead atoms. The van der Waals surface area contributed by atoms with Crippen LogP contribution >= 0.6 is 0 Å². The van der Waals surface area contributed by atoms with E-state index in [1.165, 1.54) is 0 Å². The molecule has 1 amide bonds. The number of rotatable bonds is 9. The Morgan fingerprint density at radius 3 is 2.58 bits per heavy atom. The minimum Gasteiger partial charge on any atom is -0.497 e. The highest BCUT2D eigenvalue weighted by Crippen LogP contribution is 2.30. The predicted octanol–water partition coefficient (Wildman–Crippen LogP) is 2.52. The SMILES string of the molecule is COc1ccc(Nc2ccc(C(=O)NCCCN(C)C)cn2)c(OC)c1. The zero-order valence-corrected chi connectivity index (χ0v) is 15.7. The van der Waals surface area contributed by atoms with Crippen molar-refractivity contribution in [3.05, 3.63) is 42.1 Å². The summed E-state index contributed by atoms with van der Waals surface area (Å²) in [4.78, 5) is 18.5. The highest BCUT2D eigenvalue weighted by atomic mass is 16.5. The zero-order valence-electron chi connectivity index (χ0n) is 15.7. The standard InChI is InChI=1S/C19H26N4O3/c1-23(2)11-5-10-20-19(24)14-6-9-18(21-13-14)22-16-8-7-15(25-3)12-17(16)26-4/h6-9,12-13H,5,10-11H2,1-4H3,(H,20,24)(H,21,22). The average molecular weight is 358 g/mol. The summed E-state index contributed by atoms with van der Waals surface area (Å²) in [6.45, 7) is 1.57. The van der Waals surface area contributed by atoms with Gasteiger partial charge in [-0.3, -0.25) is 4.79 Å². The number of benzene rings is 1. The van der Waals surface area contributed by atoms with Crippen molar-refractivity contribution in [3.8, 4) is 11.5 Å². The molecule has 0 spiro atoms. The Morgan fingerprint density at radius 1 is 1.15 bits per heavy atom. The lowest BCUT2D eigenvalue weighted by Crippen LogP contribution is -2.27. The van der Waals surface area contributed by atoms with Gasteiger partial charge in [-0.15, -0.1) is 0 Å². The maximum atomic E-state index is 12.1. The van der Waals surface area contributed by atoms with Crippen LogP contribution in [0, 0.1) is 0 Å². The number of ether oxygens (including phenoxy) is 2. The van der Waals surface area contributed by atoms with Gasteiger partial charge in [0.2, 0.25) is 0 Å². The van der Waals surface area contributed by atoms with Crippen molar-refractivity contribution in [1.29, 1.82) is 0 Å². The van der Waals surface area contributed by atoms with Crippen molar-refractivity contribution >= 4 is 17.4 Å². The van der Waals surface area contributed by atoms with Gasteiger partial charge < -0.3 is 25.0 Å². The van der Waals surface area contributed by atoms with E-state index in [2.05, 4.69) is 20.5 Å². The van der Waals surface area contributed by atoms with Crippen molar-refractivity contribution in [2.45, 2.75) is 6.42 Å². The van der Waals surface area contributed by atoms with E-state index in [9.17, 15) is 4.79 Å². The maximum absolute atomic E-state index is 12.1. The summed E-state index contributed by atoms with van der Waals surface area (Å²) in [5.74, 6) is 1.86. The summed E-state index contributed by atoms with van der Waals surface area (Å²) >= 11 is 0. The molecule has 0 aliphatic heterocycles. The maximum Gasteiger partial charge on any atom is 0.252 e. The Hall–Kier alpha value is -2.80. The van der Waals surface area contributed by atoms with Crippen LogP contribution in [0.1, 0.15) is 16.8 Å². The number of carbonyl (C=O) groups excluding carboxylic acids is 1. The molecule has 2 aromatic rings. The molecule has 26 heavy (non-hydrogen) atoms. The molecule has 0 atom stereocenters. The summed E-state index contributed by atoms with van der Waals surface area (Å²) in [5.41, 5.74) is 1.30. The lowest BCUT2D eigenvalue weighted by atomic mass is 10.2. The molecule has 1 aromatic heterocycles. The van der Waals surface area contributed by atoms with Crippen molar-refractivity contribution < 1.29 is 14.3 Å². The van der Waals surface area contributed by atoms with Gasteiger partial charge in [-0.2, -0.15) is 0 Å². The van der Waals surface area contributed by atoms with Crippen LogP contribution in [-0.4, -0.2) is 57.2 Å². The van der Waals surface area contributed by atoms with Crippen LogP contribution in [0.2, 0.25) is 0 Å². The highest BCUT2D eigenvalue weighted by molar-refractivity contribution is 5.94. The van der Waals surface area contributed by atoms with Gasteiger partial charge in [0.1, 0.15) is 17.3 Å². The molecule has 0 unspecified atom stereocenters. The van der Waals surface area contributed by atoms with Crippen LogP contribution in [-0.2, 0) is 0 Å². The van der Waals surface area contributed by atoms with Gasteiger partial charge in [-0.1, -0.05) is 0 Å². The van der Waals surface area contributed by atoms with Crippen LogP contribution in [0.25, 0.3) is 0 Å². The lowest BCUT2D eigenvalue weighted by molar-refractivity contribution is 0.0952. The van der Waals surface area contributed by atoms with E-state index in [0.29, 0.717) is 29.4 Å². The molecule has 0 fully saturated rings. The highest BCUT2D eigenvalue weighted by Gasteiger charge is 2.08. The first-order valence-corrected chi connectivity index (χ1v) is 8.41. The second kappa shape index (κ2) is 9.62. The predicted molar refractivity (Wildman–Crippen MR) is 103 cm³/mol. The Kier molecular flexibility index (Phi) is 7.23. The Morgan fingerprint density at radius 2 is 1.96 bits per heavy atom. The van der Waals surface area contributed by atoms with Crippen LogP contribution in [0.15, 0.2) is 36.5 Å². The third-order valence-electron chi connectivity index (χ3n) is 3.76. The van der Waals surface area contributed by atoms with Crippen LogP contribution in [0.3, 0.4) is 0 Å². The largest absolute Gasteiger partial charge is 0.497 e. The Balaban J connectivity index is 1.96. The minimum atomic E-state index is -0.121. The summed E-state index contributed by atoms with van der Waals surface area (Å²) in [6, 6.07) is 8.98. The van der Waals surface area contributed by atoms with E-state index >= 15 is 0 Å². The number of pyridine rings is 1. The van der Waals surface area contributed by atoms with Gasteiger partial charge in [-0.05, 0) is 51.3 Å². The van der Waals surface area contributed by atoms with Crippen molar-refractivity contribution in [2.75, 3.05) is 46.7 Å².